The van der Waals surface area contributed by atoms with Crippen molar-refractivity contribution in [3.05, 3.63) is 23.9 Å². The summed E-state index contributed by atoms with van der Waals surface area (Å²) < 4.78 is 48.5. The SMILES string of the molecule is Cn1nc(C2CCC(=O)NC2=O)c2cccc(NC(=O)CN3CCN(C(=O)OC(C)(C)C)C[C@@H]3C(F)(F)F)c21. The van der Waals surface area contributed by atoms with Crippen molar-refractivity contribution in [2.45, 2.75) is 57.3 Å². The molecule has 4 rings (SSSR count). The van der Waals surface area contributed by atoms with Crippen molar-refractivity contribution in [1.82, 2.24) is 24.9 Å². The van der Waals surface area contributed by atoms with Crippen molar-refractivity contribution in [3.8, 4) is 0 Å². The van der Waals surface area contributed by atoms with Crippen LogP contribution < -0.4 is 10.6 Å². The number of imide groups is 1. The van der Waals surface area contributed by atoms with Gasteiger partial charge in [-0.3, -0.25) is 29.3 Å². The molecule has 3 heterocycles. The van der Waals surface area contributed by atoms with Crippen LogP contribution in [0.1, 0.15) is 45.2 Å². The predicted octanol–water partition coefficient (Wildman–Crippen LogP) is 2.52. The minimum absolute atomic E-state index is 0.0264. The first-order valence-corrected chi connectivity index (χ1v) is 12.5. The molecule has 2 aliphatic heterocycles. The quantitative estimate of drug-likeness (QED) is 0.559. The van der Waals surface area contributed by atoms with Crippen LogP contribution in [-0.2, 0) is 26.2 Å². The number of hydrogen-bond donors (Lipinski definition) is 2. The lowest BCUT2D eigenvalue weighted by molar-refractivity contribution is -0.195. The molecule has 2 saturated heterocycles. The Labute approximate surface area is 222 Å². The molecule has 0 bridgehead atoms. The highest BCUT2D eigenvalue weighted by atomic mass is 19.4. The van der Waals surface area contributed by atoms with Crippen LogP contribution in [0, 0.1) is 0 Å². The maximum Gasteiger partial charge on any atom is 0.410 e. The molecule has 0 radical (unpaired) electrons. The van der Waals surface area contributed by atoms with Gasteiger partial charge in [-0.15, -0.1) is 0 Å². The first-order chi connectivity index (χ1) is 18.1. The highest BCUT2D eigenvalue weighted by Gasteiger charge is 2.48. The van der Waals surface area contributed by atoms with E-state index in [1.54, 1.807) is 46.0 Å². The Morgan fingerprint density at radius 1 is 1.18 bits per heavy atom. The summed E-state index contributed by atoms with van der Waals surface area (Å²) in [6.45, 7) is 3.47. The van der Waals surface area contributed by atoms with Crippen molar-refractivity contribution >= 4 is 40.4 Å². The van der Waals surface area contributed by atoms with Gasteiger partial charge in [0.25, 0.3) is 0 Å². The van der Waals surface area contributed by atoms with Gasteiger partial charge in [-0.25, -0.2) is 4.79 Å². The number of halogens is 3. The Kier molecular flexibility index (Phi) is 7.61. The number of alkyl halides is 3. The lowest BCUT2D eigenvalue weighted by atomic mass is 9.92. The van der Waals surface area contributed by atoms with Gasteiger partial charge in [0.1, 0.15) is 11.6 Å². The first kappa shape index (κ1) is 28.3. The van der Waals surface area contributed by atoms with Gasteiger partial charge in [0.05, 0.1) is 29.4 Å². The number of fused-ring (bicyclic) bond motifs is 1. The zero-order valence-electron chi connectivity index (χ0n) is 22.1. The van der Waals surface area contributed by atoms with Crippen LogP contribution in [0.15, 0.2) is 18.2 Å². The number of ether oxygens (including phenoxy) is 1. The van der Waals surface area contributed by atoms with Gasteiger partial charge in [0, 0.05) is 38.5 Å². The lowest BCUT2D eigenvalue weighted by Crippen LogP contribution is -2.61. The number of anilines is 1. The number of piperazine rings is 1. The second-order valence-corrected chi connectivity index (χ2v) is 10.7. The van der Waals surface area contributed by atoms with Crippen LogP contribution in [0.5, 0.6) is 0 Å². The van der Waals surface area contributed by atoms with Gasteiger partial charge < -0.3 is 15.0 Å². The fourth-order valence-electron chi connectivity index (χ4n) is 4.86. The van der Waals surface area contributed by atoms with Crippen molar-refractivity contribution < 1.29 is 37.1 Å². The van der Waals surface area contributed by atoms with E-state index in [4.69, 9.17) is 4.74 Å². The van der Waals surface area contributed by atoms with Crippen LogP contribution in [0.4, 0.5) is 23.7 Å². The topological polar surface area (TPSA) is 126 Å². The minimum atomic E-state index is -4.68. The molecule has 0 spiro atoms. The largest absolute Gasteiger partial charge is 0.444 e. The van der Waals surface area contributed by atoms with Gasteiger partial charge in [0.2, 0.25) is 17.7 Å². The van der Waals surface area contributed by atoms with Crippen molar-refractivity contribution in [3.63, 3.8) is 0 Å². The number of rotatable bonds is 4. The van der Waals surface area contributed by atoms with Crippen molar-refractivity contribution in [1.29, 1.82) is 0 Å². The highest BCUT2D eigenvalue weighted by molar-refractivity contribution is 6.05. The van der Waals surface area contributed by atoms with E-state index in [1.807, 2.05) is 0 Å². The summed E-state index contributed by atoms with van der Waals surface area (Å²) >= 11 is 0. The Balaban J connectivity index is 1.50. The van der Waals surface area contributed by atoms with E-state index in [0.717, 1.165) is 9.80 Å². The van der Waals surface area contributed by atoms with E-state index in [2.05, 4.69) is 15.7 Å². The van der Waals surface area contributed by atoms with Crippen LogP contribution in [0.25, 0.3) is 10.9 Å². The normalized spacial score (nSPS) is 21.2. The number of aromatic nitrogens is 2. The minimum Gasteiger partial charge on any atom is -0.444 e. The first-order valence-electron chi connectivity index (χ1n) is 12.5. The molecule has 2 atom stereocenters. The third-order valence-corrected chi connectivity index (χ3v) is 6.60. The standard InChI is InChI=1S/C25H31F3N6O5/c1-24(2,3)39-23(38)34-11-10-33(17(12-34)25(26,27)28)13-19(36)29-16-7-5-6-14-20(31-32(4)21(14)16)15-8-9-18(35)30-22(15)37/h5-7,15,17H,8-13H2,1-4H3,(H,29,36)(H,30,35,37)/t15?,17-/m1/s1. The summed E-state index contributed by atoms with van der Waals surface area (Å²) in [5.74, 6) is -2.13. The molecule has 11 nitrogen and oxygen atoms in total. The smallest absolute Gasteiger partial charge is 0.410 e. The highest BCUT2D eigenvalue weighted by Crippen LogP contribution is 2.34. The number of amides is 4. The van der Waals surface area contributed by atoms with Crippen molar-refractivity contribution in [2.24, 2.45) is 7.05 Å². The second kappa shape index (κ2) is 10.5. The number of piperidine rings is 1. The molecular formula is C25H31F3N6O5. The summed E-state index contributed by atoms with van der Waals surface area (Å²) in [7, 11) is 1.63. The molecule has 2 aliphatic rings. The van der Waals surface area contributed by atoms with E-state index < -0.39 is 54.7 Å². The summed E-state index contributed by atoms with van der Waals surface area (Å²) in [6.07, 6.45) is -5.05. The van der Waals surface area contributed by atoms with Crippen molar-refractivity contribution in [2.75, 3.05) is 31.5 Å². The number of benzene rings is 1. The maximum absolute atomic E-state index is 13.9. The maximum atomic E-state index is 13.9. The second-order valence-electron chi connectivity index (χ2n) is 10.7. The predicted molar refractivity (Wildman–Crippen MR) is 134 cm³/mol. The monoisotopic (exact) mass is 552 g/mol. The molecule has 1 aromatic carbocycles. The fraction of sp³-hybridized carbons (Fsp3) is 0.560. The average Bonchev–Trinajstić information content (AvgIpc) is 3.14. The molecule has 1 aromatic heterocycles. The van der Waals surface area contributed by atoms with Gasteiger partial charge in [0.15, 0.2) is 0 Å². The Bertz CT molecular complexity index is 1300. The summed E-state index contributed by atoms with van der Waals surface area (Å²) in [6, 6.07) is 2.92. The van der Waals surface area contributed by atoms with E-state index in [1.165, 1.54) is 4.68 Å². The van der Waals surface area contributed by atoms with Crippen LogP contribution >= 0.6 is 0 Å². The molecule has 4 amide bonds. The average molecular weight is 553 g/mol. The van der Waals surface area contributed by atoms with E-state index >= 15 is 0 Å². The van der Waals surface area contributed by atoms with E-state index in [0.29, 0.717) is 28.7 Å². The Morgan fingerprint density at radius 3 is 2.54 bits per heavy atom. The molecule has 2 fully saturated rings. The Morgan fingerprint density at radius 2 is 1.90 bits per heavy atom. The van der Waals surface area contributed by atoms with Gasteiger partial charge in [-0.05, 0) is 33.3 Å². The molecule has 0 saturated carbocycles. The zero-order valence-corrected chi connectivity index (χ0v) is 22.1. The van der Waals surface area contributed by atoms with E-state index in [9.17, 15) is 32.3 Å². The number of aryl methyl sites for hydroxylation is 1. The Hall–Kier alpha value is -3.68. The van der Waals surface area contributed by atoms with E-state index in [-0.39, 0.29) is 25.4 Å². The van der Waals surface area contributed by atoms with Gasteiger partial charge in [-0.2, -0.15) is 18.3 Å². The van der Waals surface area contributed by atoms with Crippen LogP contribution in [-0.4, -0.2) is 87.4 Å². The summed E-state index contributed by atoms with van der Waals surface area (Å²) in [4.78, 5) is 51.3. The molecule has 39 heavy (non-hydrogen) atoms. The summed E-state index contributed by atoms with van der Waals surface area (Å²) in [5, 5.41) is 10.0. The molecule has 2 N–H and O–H groups in total. The van der Waals surface area contributed by atoms with Gasteiger partial charge in [-0.1, -0.05) is 12.1 Å². The molecule has 0 aliphatic carbocycles. The van der Waals surface area contributed by atoms with Crippen LogP contribution in [0.2, 0.25) is 0 Å². The number of nitrogens with zero attached hydrogens (tertiary/aromatic N) is 4. The molecule has 212 valence electrons. The fourth-order valence-corrected chi connectivity index (χ4v) is 4.86. The molecule has 14 heteroatoms. The number of carbonyl (C=O) groups excluding carboxylic acids is 4. The van der Waals surface area contributed by atoms with Gasteiger partial charge >= 0.3 is 12.3 Å². The molecular weight excluding hydrogens is 521 g/mol. The molecule has 1 unspecified atom stereocenters. The third kappa shape index (κ3) is 6.32. The number of nitrogens with one attached hydrogen (secondary N) is 2. The number of para-hydroxylation sites is 1. The third-order valence-electron chi connectivity index (χ3n) is 6.60. The summed E-state index contributed by atoms with van der Waals surface area (Å²) in [5.41, 5.74) is 0.408. The van der Waals surface area contributed by atoms with Crippen LogP contribution in [0.3, 0.4) is 0 Å². The lowest BCUT2D eigenvalue weighted by Gasteiger charge is -2.41. The molecule has 2 aromatic rings. The number of carbonyl (C=O) groups is 4. The zero-order chi connectivity index (χ0) is 28.7. The number of hydrogen-bond acceptors (Lipinski definition) is 7.